The third-order valence-electron chi connectivity index (χ3n) is 6.38. The van der Waals surface area contributed by atoms with Crippen molar-refractivity contribution in [3.8, 4) is 0 Å². The van der Waals surface area contributed by atoms with Crippen LogP contribution < -0.4 is 5.73 Å². The maximum atomic E-state index is 5.52. The highest BCUT2D eigenvalue weighted by molar-refractivity contribution is 4.88. The van der Waals surface area contributed by atoms with Crippen LogP contribution in [0.2, 0.25) is 0 Å². The van der Waals surface area contributed by atoms with Crippen molar-refractivity contribution < 1.29 is 0 Å². The molecule has 0 radical (unpaired) electrons. The molecule has 0 saturated heterocycles. The Morgan fingerprint density at radius 2 is 0.645 bits per heavy atom. The highest BCUT2D eigenvalue weighted by atomic mass is 14.5. The second-order valence-electron chi connectivity index (χ2n) is 9.60. The van der Waals surface area contributed by atoms with Gasteiger partial charge in [-0.3, -0.25) is 0 Å². The zero-order chi connectivity index (χ0) is 22.5. The minimum atomic E-state index is 0.866. The average Bonchev–Trinajstić information content (AvgIpc) is 2.78. The van der Waals surface area contributed by atoms with E-state index in [2.05, 4.69) is 31.2 Å². The second-order valence-corrected chi connectivity index (χ2v) is 9.60. The Hall–Kier alpha value is -0.560. The quantitative estimate of drug-likeness (QED) is 0.106. The highest BCUT2D eigenvalue weighted by Crippen LogP contribution is 2.13. The standard InChI is InChI=1S/C30H59N/c1-2-3-4-5-6-7-8-9-10-11-12-13-14-15-16-17-18-19-20-21-22-23-24-25-26-27-28-29-30-31/h13-14,17-18H,2-12,15-16,19-31H2,1H3/b14-13-,18-17-. The average molecular weight is 434 g/mol. The molecule has 0 fully saturated rings. The largest absolute Gasteiger partial charge is 0.330 e. The Labute approximate surface area is 197 Å². The van der Waals surface area contributed by atoms with Crippen LogP contribution in [0.5, 0.6) is 0 Å². The first-order valence-corrected chi connectivity index (χ1v) is 14.4. The van der Waals surface area contributed by atoms with E-state index in [1.54, 1.807) is 0 Å². The van der Waals surface area contributed by atoms with Gasteiger partial charge in [-0.2, -0.15) is 0 Å². The van der Waals surface area contributed by atoms with Gasteiger partial charge in [0.2, 0.25) is 0 Å². The first-order valence-electron chi connectivity index (χ1n) is 14.4. The Balaban J connectivity index is 3.14. The van der Waals surface area contributed by atoms with Crippen molar-refractivity contribution in [2.75, 3.05) is 6.54 Å². The molecule has 0 amide bonds. The van der Waals surface area contributed by atoms with Crippen LogP contribution in [0.3, 0.4) is 0 Å². The summed E-state index contributed by atoms with van der Waals surface area (Å²) in [4.78, 5) is 0. The predicted molar refractivity (Wildman–Crippen MR) is 144 cm³/mol. The molecule has 0 unspecified atom stereocenters. The molecule has 0 aliphatic carbocycles. The maximum Gasteiger partial charge on any atom is -0.00773 e. The third-order valence-corrected chi connectivity index (χ3v) is 6.38. The topological polar surface area (TPSA) is 26.0 Å². The smallest absolute Gasteiger partial charge is 0.00773 e. The number of allylic oxidation sites excluding steroid dienone is 4. The number of hydrogen-bond donors (Lipinski definition) is 1. The highest BCUT2D eigenvalue weighted by Gasteiger charge is 1.93. The molecule has 0 heterocycles. The third kappa shape index (κ3) is 29.4. The van der Waals surface area contributed by atoms with Crippen LogP contribution in [0.1, 0.15) is 161 Å². The van der Waals surface area contributed by atoms with Gasteiger partial charge in [0.15, 0.2) is 0 Å². The van der Waals surface area contributed by atoms with Crippen LogP contribution >= 0.6 is 0 Å². The molecular weight excluding hydrogens is 374 g/mol. The van der Waals surface area contributed by atoms with Crippen molar-refractivity contribution in [2.45, 2.75) is 161 Å². The lowest BCUT2D eigenvalue weighted by atomic mass is 10.1. The Morgan fingerprint density at radius 3 is 1.00 bits per heavy atom. The summed E-state index contributed by atoms with van der Waals surface area (Å²) in [6.45, 7) is 3.16. The second kappa shape index (κ2) is 29.4. The van der Waals surface area contributed by atoms with E-state index in [0.717, 1.165) is 6.54 Å². The Bertz CT molecular complexity index is 357. The van der Waals surface area contributed by atoms with E-state index >= 15 is 0 Å². The maximum absolute atomic E-state index is 5.52. The zero-order valence-corrected chi connectivity index (χ0v) is 21.6. The molecule has 0 aliphatic heterocycles. The number of nitrogens with two attached hydrogens (primary N) is 1. The van der Waals surface area contributed by atoms with Gasteiger partial charge in [0.1, 0.15) is 0 Å². The summed E-state index contributed by atoms with van der Waals surface area (Å²) in [5, 5.41) is 0. The SMILES string of the molecule is CCCCCCCCCCCC/C=C\CC/C=C\CCCCCCCCCCCCN. The van der Waals surface area contributed by atoms with Crippen LogP contribution in [0.4, 0.5) is 0 Å². The molecule has 0 aliphatic rings. The molecule has 0 aromatic heterocycles. The molecule has 0 atom stereocenters. The van der Waals surface area contributed by atoms with E-state index < -0.39 is 0 Å². The van der Waals surface area contributed by atoms with E-state index in [9.17, 15) is 0 Å². The van der Waals surface area contributed by atoms with E-state index in [0.29, 0.717) is 0 Å². The van der Waals surface area contributed by atoms with Crippen molar-refractivity contribution in [3.63, 3.8) is 0 Å². The first kappa shape index (κ1) is 30.4. The summed E-state index contributed by atoms with van der Waals surface area (Å²) in [6, 6.07) is 0. The van der Waals surface area contributed by atoms with Gasteiger partial charge in [-0.05, 0) is 51.5 Å². The molecule has 0 aromatic rings. The fraction of sp³-hybridized carbons (Fsp3) is 0.867. The van der Waals surface area contributed by atoms with Crippen LogP contribution in [0.25, 0.3) is 0 Å². The fourth-order valence-electron chi connectivity index (χ4n) is 4.23. The molecule has 0 spiro atoms. The van der Waals surface area contributed by atoms with Crippen LogP contribution in [-0.4, -0.2) is 6.54 Å². The summed E-state index contributed by atoms with van der Waals surface area (Å²) in [5.74, 6) is 0. The van der Waals surface area contributed by atoms with Crippen molar-refractivity contribution in [3.05, 3.63) is 24.3 Å². The number of rotatable bonds is 26. The lowest BCUT2D eigenvalue weighted by molar-refractivity contribution is 0.554. The molecule has 0 rings (SSSR count). The van der Waals surface area contributed by atoms with E-state index in [4.69, 9.17) is 5.73 Å². The van der Waals surface area contributed by atoms with Gasteiger partial charge in [0.25, 0.3) is 0 Å². The van der Waals surface area contributed by atoms with Crippen molar-refractivity contribution >= 4 is 0 Å². The molecular formula is C30H59N. The minimum Gasteiger partial charge on any atom is -0.330 e. The summed E-state index contributed by atoms with van der Waals surface area (Å²) in [6.07, 6.45) is 42.8. The van der Waals surface area contributed by atoms with E-state index in [1.807, 2.05) is 0 Å². The predicted octanol–water partition coefficient (Wildman–Crippen LogP) is 10.4. The lowest BCUT2D eigenvalue weighted by Crippen LogP contribution is -1.97. The first-order chi connectivity index (χ1) is 15.4. The lowest BCUT2D eigenvalue weighted by Gasteiger charge is -2.01. The van der Waals surface area contributed by atoms with Crippen LogP contribution in [-0.2, 0) is 0 Å². The molecule has 0 saturated carbocycles. The van der Waals surface area contributed by atoms with E-state index in [-0.39, 0.29) is 0 Å². The normalized spacial score (nSPS) is 11.9. The number of unbranched alkanes of at least 4 members (excludes halogenated alkanes) is 21. The van der Waals surface area contributed by atoms with Gasteiger partial charge >= 0.3 is 0 Å². The summed E-state index contributed by atoms with van der Waals surface area (Å²) >= 11 is 0. The van der Waals surface area contributed by atoms with Crippen LogP contribution in [0, 0.1) is 0 Å². The monoisotopic (exact) mass is 433 g/mol. The molecule has 1 nitrogen and oxygen atoms in total. The van der Waals surface area contributed by atoms with Gasteiger partial charge < -0.3 is 5.73 Å². The molecule has 31 heavy (non-hydrogen) atoms. The fourth-order valence-corrected chi connectivity index (χ4v) is 4.23. The summed E-state index contributed by atoms with van der Waals surface area (Å²) in [5.41, 5.74) is 5.52. The van der Waals surface area contributed by atoms with Gasteiger partial charge in [-0.15, -0.1) is 0 Å². The number of hydrogen-bond acceptors (Lipinski definition) is 1. The summed E-state index contributed by atoms with van der Waals surface area (Å²) < 4.78 is 0. The summed E-state index contributed by atoms with van der Waals surface area (Å²) in [7, 11) is 0. The van der Waals surface area contributed by atoms with Crippen molar-refractivity contribution in [1.82, 2.24) is 0 Å². The molecule has 1 heteroatoms. The Morgan fingerprint density at radius 1 is 0.355 bits per heavy atom. The van der Waals surface area contributed by atoms with Crippen LogP contribution in [0.15, 0.2) is 24.3 Å². The Kier molecular flexibility index (Phi) is 28.9. The molecule has 0 aromatic carbocycles. The van der Waals surface area contributed by atoms with Gasteiger partial charge in [0.05, 0.1) is 0 Å². The molecule has 0 bridgehead atoms. The van der Waals surface area contributed by atoms with Crippen molar-refractivity contribution in [1.29, 1.82) is 0 Å². The molecule has 2 N–H and O–H groups in total. The van der Waals surface area contributed by atoms with Gasteiger partial charge in [-0.1, -0.05) is 140 Å². The zero-order valence-electron chi connectivity index (χ0n) is 21.6. The molecule has 184 valence electrons. The van der Waals surface area contributed by atoms with Gasteiger partial charge in [0, 0.05) is 0 Å². The van der Waals surface area contributed by atoms with Crippen molar-refractivity contribution in [2.24, 2.45) is 5.73 Å². The van der Waals surface area contributed by atoms with Gasteiger partial charge in [-0.25, -0.2) is 0 Å². The minimum absolute atomic E-state index is 0.866. The van der Waals surface area contributed by atoms with E-state index in [1.165, 1.54) is 154 Å².